The van der Waals surface area contributed by atoms with Gasteiger partial charge in [0.15, 0.2) is 22.4 Å². The minimum atomic E-state index is -0.509. The van der Waals surface area contributed by atoms with Crippen LogP contribution in [0.1, 0.15) is 31.1 Å². The summed E-state index contributed by atoms with van der Waals surface area (Å²) >= 11 is 17.0. The number of hydrogen-bond donors (Lipinski definition) is 3. The van der Waals surface area contributed by atoms with Crippen molar-refractivity contribution in [1.82, 2.24) is 5.32 Å². The molecular weight excluding hydrogens is 451 g/mol. The summed E-state index contributed by atoms with van der Waals surface area (Å²) in [4.78, 5) is 12.7. The molecule has 0 saturated heterocycles. The first kappa shape index (κ1) is 23.9. The Kier molecular flexibility index (Phi) is 8.83. The summed E-state index contributed by atoms with van der Waals surface area (Å²) in [6.45, 7) is 6.66. The number of nitrogens with one attached hydrogen (secondary N) is 2. The molecule has 0 radical (unpaired) electrons. The number of thiocarbonyl (C=S) groups is 1. The molecule has 0 bridgehead atoms. The first-order valence-electron chi connectivity index (χ1n) is 9.17. The smallest absolute Gasteiger partial charge is 0.257 e. The van der Waals surface area contributed by atoms with Gasteiger partial charge < -0.3 is 24.6 Å². The molecule has 2 rings (SSSR count). The van der Waals surface area contributed by atoms with Gasteiger partial charge in [0.25, 0.3) is 5.91 Å². The van der Waals surface area contributed by atoms with Gasteiger partial charge in [-0.3, -0.25) is 10.1 Å². The van der Waals surface area contributed by atoms with Crippen molar-refractivity contribution in [1.29, 1.82) is 0 Å². The van der Waals surface area contributed by atoms with E-state index in [-0.39, 0.29) is 27.1 Å². The van der Waals surface area contributed by atoms with Crippen LogP contribution >= 0.6 is 35.4 Å². The number of ether oxygens (including phenoxy) is 3. The van der Waals surface area contributed by atoms with Gasteiger partial charge in [-0.15, -0.1) is 0 Å². The second kappa shape index (κ2) is 11.1. The van der Waals surface area contributed by atoms with Crippen molar-refractivity contribution < 1.29 is 24.1 Å². The Morgan fingerprint density at radius 3 is 2.10 bits per heavy atom. The molecule has 0 aliphatic carbocycles. The summed E-state index contributed by atoms with van der Waals surface area (Å²) < 4.78 is 16.9. The molecule has 0 aliphatic heterocycles. The lowest BCUT2D eigenvalue weighted by molar-refractivity contribution is 0.0976. The molecule has 0 heterocycles. The minimum absolute atomic E-state index is 0.0494. The van der Waals surface area contributed by atoms with Crippen LogP contribution in [0.4, 0.5) is 5.69 Å². The predicted molar refractivity (Wildman–Crippen MR) is 122 cm³/mol. The van der Waals surface area contributed by atoms with E-state index in [1.54, 1.807) is 12.1 Å². The molecular formula is C20H22Cl2N2O5S. The van der Waals surface area contributed by atoms with E-state index in [1.807, 2.05) is 20.8 Å². The zero-order chi connectivity index (χ0) is 22.3. The minimum Gasteiger partial charge on any atom is -0.504 e. The van der Waals surface area contributed by atoms with Crippen molar-refractivity contribution >= 4 is 52.1 Å². The van der Waals surface area contributed by atoms with Crippen LogP contribution in [-0.2, 0) is 0 Å². The second-order valence-corrected chi connectivity index (χ2v) is 7.04. The Bertz CT molecular complexity index is 913. The highest BCUT2D eigenvalue weighted by Gasteiger charge is 2.19. The first-order chi connectivity index (χ1) is 14.3. The lowest BCUT2D eigenvalue weighted by Crippen LogP contribution is -2.34. The molecule has 10 heteroatoms. The second-order valence-electron chi connectivity index (χ2n) is 5.79. The molecule has 0 fully saturated rings. The molecule has 3 N–H and O–H groups in total. The van der Waals surface area contributed by atoms with Gasteiger partial charge in [0.05, 0.1) is 30.5 Å². The van der Waals surface area contributed by atoms with Crippen LogP contribution in [0.5, 0.6) is 23.0 Å². The zero-order valence-electron chi connectivity index (χ0n) is 16.7. The topological polar surface area (TPSA) is 89.1 Å². The standard InChI is InChI=1S/C20H22Cl2N2O5S/c1-4-27-15-7-11(8-16(28-5-2)18(15)29-6-3)19(26)24-20(30)23-14-10-12(21)9-13(22)17(14)25/h7-10,25H,4-6H2,1-3H3,(H2,23,24,26,30). The maximum Gasteiger partial charge on any atom is 0.257 e. The Hall–Kier alpha value is -2.42. The summed E-state index contributed by atoms with van der Waals surface area (Å²) in [6.07, 6.45) is 0. The predicted octanol–water partition coefficient (Wildman–Crippen LogP) is 5.02. The van der Waals surface area contributed by atoms with Crippen LogP contribution in [0.2, 0.25) is 10.0 Å². The van der Waals surface area contributed by atoms with E-state index in [9.17, 15) is 9.90 Å². The van der Waals surface area contributed by atoms with Crippen molar-refractivity contribution in [2.45, 2.75) is 20.8 Å². The number of carbonyl (C=O) groups is 1. The molecule has 0 saturated carbocycles. The summed E-state index contributed by atoms with van der Waals surface area (Å²) in [5.41, 5.74) is 0.414. The molecule has 162 valence electrons. The van der Waals surface area contributed by atoms with Gasteiger partial charge in [-0.25, -0.2) is 0 Å². The molecule has 0 atom stereocenters. The van der Waals surface area contributed by atoms with Crippen LogP contribution in [-0.4, -0.2) is 35.9 Å². The van der Waals surface area contributed by atoms with Gasteiger partial charge in [-0.2, -0.15) is 0 Å². The van der Waals surface area contributed by atoms with Crippen LogP contribution < -0.4 is 24.8 Å². The number of halogens is 2. The summed E-state index contributed by atoms with van der Waals surface area (Å²) in [5, 5.41) is 15.5. The molecule has 0 aromatic heterocycles. The van der Waals surface area contributed by atoms with E-state index < -0.39 is 5.91 Å². The SMILES string of the molecule is CCOc1cc(C(=O)NC(=S)Nc2cc(Cl)cc(Cl)c2O)cc(OCC)c1OCC. The quantitative estimate of drug-likeness (QED) is 0.366. The van der Waals surface area contributed by atoms with Crippen molar-refractivity contribution in [2.75, 3.05) is 25.1 Å². The average Bonchev–Trinajstić information content (AvgIpc) is 2.68. The Labute approximate surface area is 190 Å². The summed E-state index contributed by atoms with van der Waals surface area (Å²) in [6, 6.07) is 5.90. The normalized spacial score (nSPS) is 10.3. The van der Waals surface area contributed by atoms with Gasteiger partial charge >= 0.3 is 0 Å². The van der Waals surface area contributed by atoms with E-state index in [1.165, 1.54) is 12.1 Å². The van der Waals surface area contributed by atoms with Crippen molar-refractivity contribution in [2.24, 2.45) is 0 Å². The fourth-order valence-corrected chi connectivity index (χ4v) is 3.21. The molecule has 0 spiro atoms. The van der Waals surface area contributed by atoms with Crippen LogP contribution in [0, 0.1) is 0 Å². The van der Waals surface area contributed by atoms with Gasteiger partial charge in [-0.1, -0.05) is 23.2 Å². The third-order valence-electron chi connectivity index (χ3n) is 3.67. The van der Waals surface area contributed by atoms with Crippen LogP contribution in [0.3, 0.4) is 0 Å². The highest BCUT2D eigenvalue weighted by molar-refractivity contribution is 7.80. The number of anilines is 1. The van der Waals surface area contributed by atoms with Crippen LogP contribution in [0.25, 0.3) is 0 Å². The third-order valence-corrected chi connectivity index (χ3v) is 4.39. The van der Waals surface area contributed by atoms with Crippen molar-refractivity contribution in [3.05, 3.63) is 39.9 Å². The Morgan fingerprint density at radius 1 is 1.00 bits per heavy atom. The van der Waals surface area contributed by atoms with Gasteiger partial charge in [0.2, 0.25) is 5.75 Å². The van der Waals surface area contributed by atoms with Gasteiger partial charge in [0, 0.05) is 10.6 Å². The fraction of sp³-hybridized carbons (Fsp3) is 0.300. The van der Waals surface area contributed by atoms with E-state index in [0.717, 1.165) is 0 Å². The first-order valence-corrected chi connectivity index (χ1v) is 10.3. The summed E-state index contributed by atoms with van der Waals surface area (Å²) in [7, 11) is 0. The van der Waals surface area contributed by atoms with Crippen molar-refractivity contribution in [3.63, 3.8) is 0 Å². The summed E-state index contributed by atoms with van der Waals surface area (Å²) in [5.74, 6) is 0.445. The van der Waals surface area contributed by atoms with Crippen molar-refractivity contribution in [3.8, 4) is 23.0 Å². The number of benzene rings is 2. The molecule has 2 aromatic carbocycles. The van der Waals surface area contributed by atoms with E-state index in [2.05, 4.69) is 10.6 Å². The Morgan fingerprint density at radius 2 is 1.57 bits per heavy atom. The molecule has 1 amide bonds. The molecule has 0 unspecified atom stereocenters. The number of phenolic OH excluding ortho intramolecular Hbond substituents is 1. The Balaban J connectivity index is 2.26. The van der Waals surface area contributed by atoms with E-state index in [0.29, 0.717) is 42.1 Å². The highest BCUT2D eigenvalue weighted by Crippen LogP contribution is 2.39. The van der Waals surface area contributed by atoms with E-state index in [4.69, 9.17) is 49.6 Å². The fourth-order valence-electron chi connectivity index (χ4n) is 2.51. The molecule has 0 aliphatic rings. The third kappa shape index (κ3) is 6.04. The monoisotopic (exact) mass is 472 g/mol. The lowest BCUT2D eigenvalue weighted by atomic mass is 10.1. The molecule has 2 aromatic rings. The largest absolute Gasteiger partial charge is 0.504 e. The number of phenols is 1. The van der Waals surface area contributed by atoms with E-state index >= 15 is 0 Å². The average molecular weight is 473 g/mol. The number of amides is 1. The molecule has 7 nitrogen and oxygen atoms in total. The number of rotatable bonds is 8. The maximum absolute atomic E-state index is 12.7. The number of carbonyl (C=O) groups excluding carboxylic acids is 1. The van der Waals surface area contributed by atoms with Crippen LogP contribution in [0.15, 0.2) is 24.3 Å². The number of hydrogen-bond acceptors (Lipinski definition) is 6. The lowest BCUT2D eigenvalue weighted by Gasteiger charge is -2.17. The number of aromatic hydroxyl groups is 1. The molecule has 30 heavy (non-hydrogen) atoms. The van der Waals surface area contributed by atoms with Gasteiger partial charge in [0.1, 0.15) is 0 Å². The zero-order valence-corrected chi connectivity index (χ0v) is 19.0. The van der Waals surface area contributed by atoms with Gasteiger partial charge in [-0.05, 0) is 57.3 Å². The highest BCUT2D eigenvalue weighted by atomic mass is 35.5. The maximum atomic E-state index is 12.7.